The third kappa shape index (κ3) is 4.10. The van der Waals surface area contributed by atoms with Crippen molar-refractivity contribution in [3.8, 4) is 11.5 Å². The van der Waals surface area contributed by atoms with Crippen molar-refractivity contribution in [2.24, 2.45) is 11.7 Å². The molecule has 0 bridgehead atoms. The molecule has 0 radical (unpaired) electrons. The first kappa shape index (κ1) is 19.4. The van der Waals surface area contributed by atoms with Gasteiger partial charge >= 0.3 is 0 Å². The van der Waals surface area contributed by atoms with E-state index in [1.807, 2.05) is 4.90 Å². The van der Waals surface area contributed by atoms with Crippen LogP contribution < -0.4 is 15.2 Å². The number of likely N-dealkylation sites (tertiary alicyclic amines) is 1. The number of benzene rings is 2. The van der Waals surface area contributed by atoms with E-state index in [0.717, 1.165) is 0 Å². The van der Waals surface area contributed by atoms with Crippen molar-refractivity contribution in [2.45, 2.75) is 18.9 Å². The van der Waals surface area contributed by atoms with Gasteiger partial charge in [0.25, 0.3) is 0 Å². The Morgan fingerprint density at radius 1 is 1.00 bits per heavy atom. The second-order valence-electron chi connectivity index (χ2n) is 7.39. The van der Waals surface area contributed by atoms with Crippen molar-refractivity contribution in [3.63, 3.8) is 0 Å². The predicted molar refractivity (Wildman–Crippen MR) is 104 cm³/mol. The van der Waals surface area contributed by atoms with E-state index < -0.39 is 11.9 Å². The van der Waals surface area contributed by atoms with Crippen molar-refractivity contribution < 1.29 is 23.5 Å². The first-order chi connectivity index (χ1) is 14.0. The summed E-state index contributed by atoms with van der Waals surface area (Å²) >= 11 is 0. The number of carbonyl (C=O) groups is 2. The second kappa shape index (κ2) is 8.21. The third-order valence-corrected chi connectivity index (χ3v) is 5.55. The summed E-state index contributed by atoms with van der Waals surface area (Å²) in [6, 6.07) is 10.5. The Bertz CT molecular complexity index is 908. The highest BCUT2D eigenvalue weighted by Gasteiger charge is 2.32. The SMILES string of the molecule is NC(=O)C(c1ccc(F)cc1)N1CCC(C(=O)c2ccc3c(c2)OCCO3)CC1. The summed E-state index contributed by atoms with van der Waals surface area (Å²) in [4.78, 5) is 27.0. The Kier molecular flexibility index (Phi) is 5.49. The molecule has 2 aromatic carbocycles. The van der Waals surface area contributed by atoms with Gasteiger partial charge in [0, 0.05) is 11.5 Å². The van der Waals surface area contributed by atoms with Crippen molar-refractivity contribution in [3.05, 3.63) is 59.4 Å². The molecule has 2 aliphatic rings. The minimum atomic E-state index is -0.624. The Labute approximate surface area is 168 Å². The highest BCUT2D eigenvalue weighted by Crippen LogP contribution is 2.33. The molecule has 2 heterocycles. The lowest BCUT2D eigenvalue weighted by atomic mass is 9.87. The molecule has 2 aromatic rings. The lowest BCUT2D eigenvalue weighted by molar-refractivity contribution is -0.124. The molecule has 4 rings (SSSR count). The molecule has 29 heavy (non-hydrogen) atoms. The number of hydrogen-bond donors (Lipinski definition) is 1. The molecule has 2 N–H and O–H groups in total. The van der Waals surface area contributed by atoms with Crippen LogP contribution in [0.1, 0.15) is 34.8 Å². The van der Waals surface area contributed by atoms with E-state index in [-0.39, 0.29) is 17.5 Å². The van der Waals surface area contributed by atoms with Gasteiger partial charge in [-0.2, -0.15) is 0 Å². The van der Waals surface area contributed by atoms with Crippen LogP contribution in [0.5, 0.6) is 11.5 Å². The number of primary amides is 1. The average molecular weight is 398 g/mol. The van der Waals surface area contributed by atoms with Gasteiger partial charge in [-0.3, -0.25) is 14.5 Å². The van der Waals surface area contributed by atoms with Crippen LogP contribution in [0.3, 0.4) is 0 Å². The van der Waals surface area contributed by atoms with Gasteiger partial charge in [-0.05, 0) is 61.8 Å². The molecule has 1 atom stereocenters. The Hall–Kier alpha value is -2.93. The highest BCUT2D eigenvalue weighted by molar-refractivity contribution is 5.98. The maximum absolute atomic E-state index is 13.2. The van der Waals surface area contributed by atoms with Crippen LogP contribution in [-0.2, 0) is 4.79 Å². The zero-order valence-corrected chi connectivity index (χ0v) is 16.0. The number of ketones is 1. The van der Waals surface area contributed by atoms with Crippen LogP contribution in [0.4, 0.5) is 4.39 Å². The molecule has 0 spiro atoms. The molecular weight excluding hydrogens is 375 g/mol. The largest absolute Gasteiger partial charge is 0.486 e. The van der Waals surface area contributed by atoms with Crippen molar-refractivity contribution in [1.29, 1.82) is 0 Å². The summed E-state index contributed by atoms with van der Waals surface area (Å²) in [5.74, 6) is 0.361. The maximum Gasteiger partial charge on any atom is 0.239 e. The normalized spacial score (nSPS) is 18.2. The summed E-state index contributed by atoms with van der Waals surface area (Å²) in [6.07, 6.45) is 1.25. The number of ether oxygens (including phenoxy) is 2. The van der Waals surface area contributed by atoms with Gasteiger partial charge < -0.3 is 15.2 Å². The number of piperidine rings is 1. The van der Waals surface area contributed by atoms with Crippen LogP contribution >= 0.6 is 0 Å². The van der Waals surface area contributed by atoms with E-state index in [2.05, 4.69) is 0 Å². The van der Waals surface area contributed by atoms with E-state index in [1.54, 1.807) is 30.3 Å². The summed E-state index contributed by atoms with van der Waals surface area (Å²) in [5, 5.41) is 0. The van der Waals surface area contributed by atoms with Crippen LogP contribution in [0.25, 0.3) is 0 Å². The molecule has 1 fully saturated rings. The summed E-state index contributed by atoms with van der Waals surface area (Å²) in [5.41, 5.74) is 6.89. The van der Waals surface area contributed by atoms with Gasteiger partial charge in [0.2, 0.25) is 5.91 Å². The monoisotopic (exact) mass is 398 g/mol. The molecule has 0 aromatic heterocycles. The smallest absolute Gasteiger partial charge is 0.239 e. The fourth-order valence-corrected chi connectivity index (χ4v) is 4.05. The number of hydrogen-bond acceptors (Lipinski definition) is 5. The molecular formula is C22H23FN2O4. The minimum Gasteiger partial charge on any atom is -0.486 e. The van der Waals surface area contributed by atoms with Crippen molar-refractivity contribution in [2.75, 3.05) is 26.3 Å². The lowest BCUT2D eigenvalue weighted by Gasteiger charge is -2.36. The second-order valence-corrected chi connectivity index (χ2v) is 7.39. The van der Waals surface area contributed by atoms with Crippen LogP contribution in [0.15, 0.2) is 42.5 Å². The Balaban J connectivity index is 1.43. The molecule has 2 aliphatic heterocycles. The first-order valence-electron chi connectivity index (χ1n) is 9.75. The number of nitrogens with zero attached hydrogens (tertiary/aromatic N) is 1. The molecule has 1 saturated heterocycles. The zero-order chi connectivity index (χ0) is 20.4. The highest BCUT2D eigenvalue weighted by atomic mass is 19.1. The van der Waals surface area contributed by atoms with E-state index in [0.29, 0.717) is 61.8 Å². The fourth-order valence-electron chi connectivity index (χ4n) is 4.05. The number of rotatable bonds is 5. The van der Waals surface area contributed by atoms with Crippen molar-refractivity contribution in [1.82, 2.24) is 4.90 Å². The van der Waals surface area contributed by atoms with Crippen LogP contribution in [0.2, 0.25) is 0 Å². The van der Waals surface area contributed by atoms with E-state index in [4.69, 9.17) is 15.2 Å². The number of amides is 1. The first-order valence-corrected chi connectivity index (χ1v) is 9.75. The molecule has 6 nitrogen and oxygen atoms in total. The van der Waals surface area contributed by atoms with Gasteiger partial charge in [0.1, 0.15) is 25.1 Å². The number of halogens is 1. The van der Waals surface area contributed by atoms with Gasteiger partial charge in [0.05, 0.1) is 0 Å². The number of fused-ring (bicyclic) bond motifs is 1. The Morgan fingerprint density at radius 3 is 2.31 bits per heavy atom. The number of carbonyl (C=O) groups excluding carboxylic acids is 2. The molecule has 1 unspecified atom stereocenters. The van der Waals surface area contributed by atoms with Gasteiger partial charge in [-0.25, -0.2) is 4.39 Å². The summed E-state index contributed by atoms with van der Waals surface area (Å²) < 4.78 is 24.3. The fraction of sp³-hybridized carbons (Fsp3) is 0.364. The van der Waals surface area contributed by atoms with Gasteiger partial charge in [-0.15, -0.1) is 0 Å². The molecule has 152 valence electrons. The predicted octanol–water partition coefficient (Wildman–Crippen LogP) is 2.72. The zero-order valence-electron chi connectivity index (χ0n) is 16.0. The van der Waals surface area contributed by atoms with Gasteiger partial charge in [-0.1, -0.05) is 12.1 Å². The van der Waals surface area contributed by atoms with Crippen LogP contribution in [0, 0.1) is 11.7 Å². The molecule has 0 saturated carbocycles. The summed E-state index contributed by atoms with van der Waals surface area (Å²) in [6.45, 7) is 2.10. The minimum absolute atomic E-state index is 0.0685. The topological polar surface area (TPSA) is 81.9 Å². The maximum atomic E-state index is 13.2. The number of nitrogens with two attached hydrogens (primary N) is 1. The van der Waals surface area contributed by atoms with Gasteiger partial charge in [0.15, 0.2) is 17.3 Å². The van der Waals surface area contributed by atoms with Crippen molar-refractivity contribution >= 4 is 11.7 Å². The average Bonchev–Trinajstić information content (AvgIpc) is 2.75. The lowest BCUT2D eigenvalue weighted by Crippen LogP contribution is -2.43. The van der Waals surface area contributed by atoms with E-state index in [1.165, 1.54) is 12.1 Å². The summed E-state index contributed by atoms with van der Waals surface area (Å²) in [7, 11) is 0. The molecule has 1 amide bonds. The standard InChI is InChI=1S/C22H23FN2O4/c23-17-4-1-14(2-5-17)20(22(24)27)25-9-7-15(8-10-25)21(26)16-3-6-18-19(13-16)29-12-11-28-18/h1-6,13,15,20H,7-12H2,(H2,24,27). The molecule has 0 aliphatic carbocycles. The quantitative estimate of drug-likeness (QED) is 0.784. The molecule has 7 heteroatoms. The Morgan fingerprint density at radius 2 is 1.66 bits per heavy atom. The van der Waals surface area contributed by atoms with Crippen LogP contribution in [-0.4, -0.2) is 42.9 Å². The third-order valence-electron chi connectivity index (χ3n) is 5.55. The van der Waals surface area contributed by atoms with E-state index in [9.17, 15) is 14.0 Å². The van der Waals surface area contributed by atoms with E-state index >= 15 is 0 Å². The number of Topliss-reactive ketones (excluding diaryl/α,β-unsaturated/α-hetero) is 1.